The van der Waals surface area contributed by atoms with Crippen LogP contribution in [-0.2, 0) is 14.4 Å². The molecule has 0 fully saturated rings. The summed E-state index contributed by atoms with van der Waals surface area (Å²) in [4.78, 5) is 38.6. The van der Waals surface area contributed by atoms with E-state index >= 15 is 0 Å². The largest absolute Gasteiger partial charge is 0.326 e. The molecule has 0 spiro atoms. The molecule has 0 aromatic heterocycles. The summed E-state index contributed by atoms with van der Waals surface area (Å²) in [7, 11) is 0. The Hall–Kier alpha value is -2.08. The highest BCUT2D eigenvalue weighted by molar-refractivity contribution is 8.04. The van der Waals surface area contributed by atoms with Crippen LogP contribution in [0.4, 0.5) is 5.69 Å². The Bertz CT molecular complexity index is 721. The monoisotopic (exact) mass is 360 g/mol. The van der Waals surface area contributed by atoms with E-state index in [1.807, 2.05) is 27.7 Å². The average Bonchev–Trinajstić information content (AvgIpc) is 2.71. The number of thioether (sulfide) groups is 1. The predicted octanol–water partition coefficient (Wildman–Crippen LogP) is 3.52. The van der Waals surface area contributed by atoms with Crippen LogP contribution in [0.15, 0.2) is 29.2 Å². The van der Waals surface area contributed by atoms with Gasteiger partial charge >= 0.3 is 0 Å². The SMILES string of the molecule is CC(=O)Nc1ccc(C2=C(SC(C)C)C(=O)N(CC(C)C)C2=O)cc1. The third-order valence-corrected chi connectivity index (χ3v) is 4.61. The molecule has 1 heterocycles. The fourth-order valence-electron chi connectivity index (χ4n) is 2.61. The first-order valence-electron chi connectivity index (χ1n) is 8.35. The summed E-state index contributed by atoms with van der Waals surface area (Å²) in [5.41, 5.74) is 1.81. The number of carbonyl (C=O) groups excluding carboxylic acids is 3. The Balaban J connectivity index is 2.41. The maximum absolute atomic E-state index is 12.9. The molecule has 0 saturated heterocycles. The number of hydrogen-bond donors (Lipinski definition) is 1. The van der Waals surface area contributed by atoms with Gasteiger partial charge in [0.15, 0.2) is 0 Å². The van der Waals surface area contributed by atoms with Crippen LogP contribution in [-0.4, -0.2) is 34.4 Å². The van der Waals surface area contributed by atoms with E-state index in [0.29, 0.717) is 28.3 Å². The molecule has 2 rings (SSSR count). The Morgan fingerprint density at radius 1 is 1.08 bits per heavy atom. The number of rotatable bonds is 6. The molecule has 0 bridgehead atoms. The molecule has 0 aliphatic carbocycles. The third-order valence-electron chi connectivity index (χ3n) is 3.52. The molecule has 1 aliphatic heterocycles. The number of nitrogens with one attached hydrogen (secondary N) is 1. The zero-order chi connectivity index (χ0) is 18.7. The third kappa shape index (κ3) is 4.51. The van der Waals surface area contributed by atoms with Crippen LogP contribution in [0.25, 0.3) is 5.57 Å². The van der Waals surface area contributed by atoms with Gasteiger partial charge in [0.2, 0.25) is 5.91 Å². The van der Waals surface area contributed by atoms with Crippen molar-refractivity contribution < 1.29 is 14.4 Å². The van der Waals surface area contributed by atoms with Gasteiger partial charge in [-0.05, 0) is 23.6 Å². The molecule has 0 unspecified atom stereocenters. The van der Waals surface area contributed by atoms with Crippen molar-refractivity contribution in [2.45, 2.75) is 39.9 Å². The molecule has 3 amide bonds. The Kier molecular flexibility index (Phi) is 6.06. The molecule has 1 aromatic rings. The minimum atomic E-state index is -0.242. The van der Waals surface area contributed by atoms with Crippen molar-refractivity contribution in [2.75, 3.05) is 11.9 Å². The van der Waals surface area contributed by atoms with E-state index in [4.69, 9.17) is 0 Å². The van der Waals surface area contributed by atoms with Crippen molar-refractivity contribution in [1.82, 2.24) is 4.90 Å². The average molecular weight is 360 g/mol. The quantitative estimate of drug-likeness (QED) is 0.788. The van der Waals surface area contributed by atoms with Crippen LogP contribution in [0, 0.1) is 5.92 Å². The topological polar surface area (TPSA) is 66.5 Å². The van der Waals surface area contributed by atoms with E-state index < -0.39 is 0 Å². The molecule has 5 nitrogen and oxygen atoms in total. The Morgan fingerprint density at radius 3 is 2.16 bits per heavy atom. The second-order valence-electron chi connectivity index (χ2n) is 6.74. The molecule has 1 aliphatic rings. The summed E-state index contributed by atoms with van der Waals surface area (Å²) in [5.74, 6) is -0.398. The maximum Gasteiger partial charge on any atom is 0.268 e. The van der Waals surface area contributed by atoms with E-state index in [1.165, 1.54) is 23.6 Å². The van der Waals surface area contributed by atoms with Gasteiger partial charge in [0.1, 0.15) is 0 Å². The van der Waals surface area contributed by atoms with Crippen molar-refractivity contribution in [3.8, 4) is 0 Å². The van der Waals surface area contributed by atoms with Crippen molar-refractivity contribution in [3.63, 3.8) is 0 Å². The highest BCUT2D eigenvalue weighted by Gasteiger charge is 2.39. The number of imide groups is 1. The Labute approximate surface area is 152 Å². The summed E-state index contributed by atoms with van der Waals surface area (Å²) in [6.45, 7) is 9.81. The molecule has 25 heavy (non-hydrogen) atoms. The van der Waals surface area contributed by atoms with E-state index in [-0.39, 0.29) is 28.9 Å². The number of hydrogen-bond acceptors (Lipinski definition) is 4. The van der Waals surface area contributed by atoms with Gasteiger partial charge in [-0.1, -0.05) is 39.8 Å². The number of amides is 3. The highest BCUT2D eigenvalue weighted by Crippen LogP contribution is 2.38. The standard InChI is InChI=1S/C19H24N2O3S/c1-11(2)10-21-18(23)16(17(19(21)24)25-12(3)4)14-6-8-15(9-7-14)20-13(5)22/h6-9,11-12H,10H2,1-5H3,(H,20,22). The van der Waals surface area contributed by atoms with Gasteiger partial charge in [-0.15, -0.1) is 11.8 Å². The molecule has 0 radical (unpaired) electrons. The first kappa shape index (κ1) is 19.2. The number of benzene rings is 1. The van der Waals surface area contributed by atoms with Crippen molar-refractivity contribution in [2.24, 2.45) is 5.92 Å². The zero-order valence-electron chi connectivity index (χ0n) is 15.3. The summed E-state index contributed by atoms with van der Waals surface area (Å²) in [5, 5.41) is 2.89. The second-order valence-corrected chi connectivity index (χ2v) is 8.33. The molecule has 0 atom stereocenters. The van der Waals surface area contributed by atoms with Gasteiger partial charge in [0.05, 0.1) is 10.5 Å². The number of nitrogens with zero attached hydrogens (tertiary/aromatic N) is 1. The van der Waals surface area contributed by atoms with E-state index in [1.54, 1.807) is 24.3 Å². The van der Waals surface area contributed by atoms with Crippen molar-refractivity contribution in [1.29, 1.82) is 0 Å². The van der Waals surface area contributed by atoms with Gasteiger partial charge in [-0.25, -0.2) is 0 Å². The van der Waals surface area contributed by atoms with Crippen LogP contribution in [0.2, 0.25) is 0 Å². The van der Waals surface area contributed by atoms with Gasteiger partial charge in [0.25, 0.3) is 11.8 Å². The van der Waals surface area contributed by atoms with Crippen LogP contribution in [0.5, 0.6) is 0 Å². The van der Waals surface area contributed by atoms with E-state index in [0.717, 1.165) is 0 Å². The first-order valence-corrected chi connectivity index (χ1v) is 9.23. The lowest BCUT2D eigenvalue weighted by Gasteiger charge is -2.17. The summed E-state index contributed by atoms with van der Waals surface area (Å²) >= 11 is 1.42. The second kappa shape index (κ2) is 7.87. The number of anilines is 1. The van der Waals surface area contributed by atoms with E-state index in [2.05, 4.69) is 5.32 Å². The minimum Gasteiger partial charge on any atom is -0.326 e. The predicted molar refractivity (Wildman–Crippen MR) is 102 cm³/mol. The van der Waals surface area contributed by atoms with E-state index in [9.17, 15) is 14.4 Å². The lowest BCUT2D eigenvalue weighted by atomic mass is 10.1. The molecule has 1 aromatic carbocycles. The first-order chi connectivity index (χ1) is 11.7. The molecular formula is C19H24N2O3S. The lowest BCUT2D eigenvalue weighted by Crippen LogP contribution is -2.34. The van der Waals surface area contributed by atoms with Crippen LogP contribution >= 0.6 is 11.8 Å². The molecule has 0 saturated carbocycles. The van der Waals surface area contributed by atoms with Crippen molar-refractivity contribution >= 4 is 40.7 Å². The Morgan fingerprint density at radius 2 is 1.68 bits per heavy atom. The molecule has 1 N–H and O–H groups in total. The fraction of sp³-hybridized carbons (Fsp3) is 0.421. The van der Waals surface area contributed by atoms with Gasteiger partial charge in [0, 0.05) is 24.4 Å². The maximum atomic E-state index is 12.9. The fourth-order valence-corrected chi connectivity index (χ4v) is 3.61. The van der Waals surface area contributed by atoms with Crippen LogP contribution in [0.1, 0.15) is 40.2 Å². The van der Waals surface area contributed by atoms with Crippen LogP contribution in [0.3, 0.4) is 0 Å². The minimum absolute atomic E-state index is 0.154. The summed E-state index contributed by atoms with van der Waals surface area (Å²) < 4.78 is 0. The molecular weight excluding hydrogens is 336 g/mol. The van der Waals surface area contributed by atoms with Crippen LogP contribution < -0.4 is 5.32 Å². The zero-order valence-corrected chi connectivity index (χ0v) is 16.1. The molecule has 134 valence electrons. The highest BCUT2D eigenvalue weighted by atomic mass is 32.2. The molecule has 6 heteroatoms. The van der Waals surface area contributed by atoms with Crippen molar-refractivity contribution in [3.05, 3.63) is 34.7 Å². The summed E-state index contributed by atoms with van der Waals surface area (Å²) in [6, 6.07) is 7.02. The van der Waals surface area contributed by atoms with Gasteiger partial charge < -0.3 is 5.32 Å². The smallest absolute Gasteiger partial charge is 0.268 e. The van der Waals surface area contributed by atoms with Gasteiger partial charge in [-0.3, -0.25) is 19.3 Å². The summed E-state index contributed by atoms with van der Waals surface area (Å²) in [6.07, 6.45) is 0. The normalized spacial score (nSPS) is 14.9. The number of carbonyl (C=O) groups is 3. The van der Waals surface area contributed by atoms with Gasteiger partial charge in [-0.2, -0.15) is 0 Å². The lowest BCUT2D eigenvalue weighted by molar-refractivity contribution is -0.137.